The number of hydrogen-bond donors (Lipinski definition) is 0. The van der Waals surface area contributed by atoms with Crippen molar-refractivity contribution < 1.29 is 14.3 Å². The van der Waals surface area contributed by atoms with Gasteiger partial charge in [-0.25, -0.2) is 4.79 Å². The summed E-state index contributed by atoms with van der Waals surface area (Å²) in [5.74, 6) is 0.665. The molecule has 0 aromatic rings. The molecular weight excluding hydrogens is 228 g/mol. The second kappa shape index (κ2) is 3.56. The first-order valence-corrected chi connectivity index (χ1v) is 6.64. The fraction of sp³-hybridized carbons (Fsp3) is 0.600. The minimum Gasteiger partial charge on any atom is -0.423 e. The molecule has 0 radical (unpaired) electrons. The minimum absolute atomic E-state index is 0.0387. The lowest BCUT2D eigenvalue weighted by Crippen LogP contribution is -2.37. The Balaban J connectivity index is 2.20. The molecule has 2 aliphatic carbocycles. The van der Waals surface area contributed by atoms with Crippen molar-refractivity contribution >= 4 is 11.8 Å². The maximum Gasteiger partial charge on any atom is 0.339 e. The van der Waals surface area contributed by atoms with Crippen molar-refractivity contribution in [2.24, 2.45) is 11.3 Å². The number of ketones is 1. The summed E-state index contributed by atoms with van der Waals surface area (Å²) in [6, 6.07) is 0. The van der Waals surface area contributed by atoms with E-state index in [1.54, 1.807) is 0 Å². The van der Waals surface area contributed by atoms with Gasteiger partial charge in [-0.05, 0) is 37.2 Å². The smallest absolute Gasteiger partial charge is 0.339 e. The molecule has 0 spiro atoms. The second-order valence-electron chi connectivity index (χ2n) is 5.98. The monoisotopic (exact) mass is 246 g/mol. The highest BCUT2D eigenvalue weighted by atomic mass is 16.5. The van der Waals surface area contributed by atoms with Crippen molar-refractivity contribution in [3.63, 3.8) is 0 Å². The highest BCUT2D eigenvalue weighted by Crippen LogP contribution is 2.54. The SMILES string of the molecule is CC1=C2CC[C@@]3(C)CCC(=O)[C@H](C)C3=C2OC1=O. The molecule has 3 aliphatic rings. The largest absolute Gasteiger partial charge is 0.423 e. The average Bonchev–Trinajstić information content (AvgIpc) is 2.60. The summed E-state index contributed by atoms with van der Waals surface area (Å²) in [6.45, 7) is 5.98. The van der Waals surface area contributed by atoms with E-state index < -0.39 is 0 Å². The van der Waals surface area contributed by atoms with Gasteiger partial charge in [0.2, 0.25) is 0 Å². The molecule has 0 N–H and O–H groups in total. The molecular formula is C15H18O3. The van der Waals surface area contributed by atoms with Crippen molar-refractivity contribution in [1.82, 2.24) is 0 Å². The maximum atomic E-state index is 12.0. The van der Waals surface area contributed by atoms with Crippen LogP contribution in [-0.2, 0) is 14.3 Å². The van der Waals surface area contributed by atoms with Gasteiger partial charge in [0.05, 0.1) is 0 Å². The van der Waals surface area contributed by atoms with Crippen molar-refractivity contribution in [2.45, 2.75) is 46.5 Å². The Hall–Kier alpha value is -1.38. The molecule has 2 atom stereocenters. The molecule has 1 heterocycles. The average molecular weight is 246 g/mol. The molecule has 0 bridgehead atoms. The van der Waals surface area contributed by atoms with Gasteiger partial charge >= 0.3 is 5.97 Å². The van der Waals surface area contributed by atoms with Gasteiger partial charge in [0, 0.05) is 23.5 Å². The molecule has 1 aliphatic heterocycles. The number of carbonyl (C=O) groups excluding carboxylic acids is 2. The zero-order chi connectivity index (χ0) is 13.1. The number of esters is 1. The molecule has 18 heavy (non-hydrogen) atoms. The molecule has 3 heteroatoms. The summed E-state index contributed by atoms with van der Waals surface area (Å²) in [5, 5.41) is 0. The van der Waals surface area contributed by atoms with Gasteiger partial charge in [-0.1, -0.05) is 13.8 Å². The summed E-state index contributed by atoms with van der Waals surface area (Å²) < 4.78 is 5.45. The van der Waals surface area contributed by atoms with Gasteiger partial charge < -0.3 is 4.74 Å². The lowest BCUT2D eigenvalue weighted by molar-refractivity contribution is -0.134. The summed E-state index contributed by atoms with van der Waals surface area (Å²) in [7, 11) is 0. The van der Waals surface area contributed by atoms with Crippen LogP contribution in [0.1, 0.15) is 46.5 Å². The standard InChI is InChI=1S/C15H18O3/c1-8-10-4-6-15(3)7-5-11(16)9(2)12(15)13(10)18-14(8)17/h9H,4-7H2,1-3H3/t9-,15-/m0/s1. The minimum atomic E-state index is -0.234. The molecule has 0 saturated heterocycles. The lowest BCUT2D eigenvalue weighted by Gasteiger charge is -2.43. The van der Waals surface area contributed by atoms with Crippen molar-refractivity contribution in [3.05, 3.63) is 22.5 Å². The molecule has 1 fully saturated rings. The van der Waals surface area contributed by atoms with E-state index in [0.29, 0.717) is 6.42 Å². The Morgan fingerprint density at radius 2 is 1.89 bits per heavy atom. The van der Waals surface area contributed by atoms with Gasteiger partial charge in [0.25, 0.3) is 0 Å². The van der Waals surface area contributed by atoms with E-state index in [1.807, 2.05) is 13.8 Å². The Morgan fingerprint density at radius 1 is 1.22 bits per heavy atom. The van der Waals surface area contributed by atoms with Crippen LogP contribution in [0.5, 0.6) is 0 Å². The first-order chi connectivity index (χ1) is 8.44. The Kier molecular flexibility index (Phi) is 2.31. The zero-order valence-corrected chi connectivity index (χ0v) is 11.1. The summed E-state index contributed by atoms with van der Waals surface area (Å²) in [4.78, 5) is 23.7. The number of hydrogen-bond acceptors (Lipinski definition) is 3. The van der Waals surface area contributed by atoms with Gasteiger partial charge in [0.1, 0.15) is 11.5 Å². The van der Waals surface area contributed by atoms with Gasteiger partial charge in [0.15, 0.2) is 0 Å². The Labute approximate surface area is 107 Å². The number of fused-ring (bicyclic) bond motifs is 2. The van der Waals surface area contributed by atoms with Crippen LogP contribution >= 0.6 is 0 Å². The van der Waals surface area contributed by atoms with E-state index in [9.17, 15) is 9.59 Å². The molecule has 0 unspecified atom stereocenters. The van der Waals surface area contributed by atoms with Crippen LogP contribution in [0, 0.1) is 11.3 Å². The first-order valence-electron chi connectivity index (χ1n) is 6.64. The van der Waals surface area contributed by atoms with Crippen LogP contribution in [0.3, 0.4) is 0 Å². The van der Waals surface area contributed by atoms with Crippen molar-refractivity contribution in [2.75, 3.05) is 0 Å². The number of ether oxygens (including phenoxy) is 1. The third-order valence-corrected chi connectivity index (χ3v) is 4.89. The summed E-state index contributed by atoms with van der Waals surface area (Å²) in [5.41, 5.74) is 2.88. The normalized spacial score (nSPS) is 35.6. The number of rotatable bonds is 0. The second-order valence-corrected chi connectivity index (χ2v) is 5.98. The Morgan fingerprint density at radius 3 is 2.61 bits per heavy atom. The fourth-order valence-corrected chi connectivity index (χ4v) is 3.61. The fourth-order valence-electron chi connectivity index (χ4n) is 3.61. The first kappa shape index (κ1) is 11.7. The van der Waals surface area contributed by atoms with Crippen LogP contribution < -0.4 is 0 Å². The summed E-state index contributed by atoms with van der Waals surface area (Å²) in [6.07, 6.45) is 3.46. The highest BCUT2D eigenvalue weighted by Gasteiger charge is 2.47. The van der Waals surface area contributed by atoms with Gasteiger partial charge in [-0.3, -0.25) is 4.79 Å². The molecule has 96 valence electrons. The van der Waals surface area contributed by atoms with Crippen LogP contribution in [0.4, 0.5) is 0 Å². The highest BCUT2D eigenvalue weighted by molar-refractivity contribution is 5.95. The summed E-state index contributed by atoms with van der Waals surface area (Å²) >= 11 is 0. The van der Waals surface area contributed by atoms with Gasteiger partial charge in [-0.2, -0.15) is 0 Å². The van der Waals surface area contributed by atoms with E-state index in [-0.39, 0.29) is 23.1 Å². The van der Waals surface area contributed by atoms with E-state index in [0.717, 1.165) is 41.7 Å². The quantitative estimate of drug-likeness (QED) is 0.617. The van der Waals surface area contributed by atoms with Crippen molar-refractivity contribution in [3.8, 4) is 0 Å². The molecule has 3 rings (SSSR count). The third kappa shape index (κ3) is 1.36. The van der Waals surface area contributed by atoms with Crippen LogP contribution in [-0.4, -0.2) is 11.8 Å². The van der Waals surface area contributed by atoms with Crippen molar-refractivity contribution in [1.29, 1.82) is 0 Å². The van der Waals surface area contributed by atoms with E-state index in [2.05, 4.69) is 6.92 Å². The number of Topliss-reactive ketones (excluding diaryl/α,β-unsaturated/α-hetero) is 1. The lowest BCUT2D eigenvalue weighted by atomic mass is 9.61. The molecule has 1 saturated carbocycles. The predicted octanol–water partition coefficient (Wildman–Crippen LogP) is 2.91. The molecule has 0 aromatic heterocycles. The number of carbonyl (C=O) groups is 2. The predicted molar refractivity (Wildman–Crippen MR) is 66.6 cm³/mol. The topological polar surface area (TPSA) is 43.4 Å². The zero-order valence-electron chi connectivity index (χ0n) is 11.1. The number of allylic oxidation sites excluding steroid dienone is 2. The molecule has 0 amide bonds. The molecule has 3 nitrogen and oxygen atoms in total. The van der Waals surface area contributed by atoms with E-state index >= 15 is 0 Å². The van der Waals surface area contributed by atoms with Crippen LogP contribution in [0.25, 0.3) is 0 Å². The van der Waals surface area contributed by atoms with Crippen LogP contribution in [0.2, 0.25) is 0 Å². The van der Waals surface area contributed by atoms with E-state index in [4.69, 9.17) is 4.74 Å². The van der Waals surface area contributed by atoms with E-state index in [1.165, 1.54) is 0 Å². The molecule has 0 aromatic carbocycles. The maximum absolute atomic E-state index is 12.0. The third-order valence-electron chi connectivity index (χ3n) is 4.89. The Bertz CT molecular complexity index is 524. The van der Waals surface area contributed by atoms with Gasteiger partial charge in [-0.15, -0.1) is 0 Å². The van der Waals surface area contributed by atoms with Crippen LogP contribution in [0.15, 0.2) is 22.5 Å².